The quantitative estimate of drug-likeness (QED) is 0.460. The normalized spacial score (nSPS) is 10.6. The second-order valence-corrected chi connectivity index (χ2v) is 5.62. The van der Waals surface area contributed by atoms with Crippen LogP contribution >= 0.6 is 0 Å². The molecule has 2 aromatic carbocycles. The van der Waals surface area contributed by atoms with Crippen molar-refractivity contribution in [1.29, 1.82) is 0 Å². The minimum absolute atomic E-state index is 0. The van der Waals surface area contributed by atoms with Gasteiger partial charge in [-0.05, 0) is 22.9 Å². The molecule has 0 atom stereocenters. The smallest absolute Gasteiger partial charge is 0.206 e. The van der Waals surface area contributed by atoms with E-state index in [0.29, 0.717) is 0 Å². The number of hydrogen-bond acceptors (Lipinski definition) is 0. The molecule has 0 fully saturated rings. The molecule has 0 saturated carbocycles. The highest BCUT2D eigenvalue weighted by Gasteiger charge is 2.08. The van der Waals surface area contributed by atoms with Gasteiger partial charge in [-0.2, -0.15) is 9.13 Å². The topological polar surface area (TPSA) is 7.76 Å². The molecule has 4 aromatic rings. The number of rotatable bonds is 3. The lowest BCUT2D eigenvalue weighted by Crippen LogP contribution is -3.00. The SMILES string of the molecule is [Br-].c1ccc2c[n+](CC[n+]3ccc4ccccc4c3)ccc2c1. The van der Waals surface area contributed by atoms with Crippen molar-refractivity contribution in [3.05, 3.63) is 85.5 Å². The van der Waals surface area contributed by atoms with Gasteiger partial charge in [-0.25, -0.2) is 0 Å². The van der Waals surface area contributed by atoms with E-state index < -0.39 is 0 Å². The molecule has 0 bridgehead atoms. The van der Waals surface area contributed by atoms with Gasteiger partial charge in [0.2, 0.25) is 13.1 Å². The van der Waals surface area contributed by atoms with Crippen LogP contribution < -0.4 is 26.1 Å². The van der Waals surface area contributed by atoms with Crippen LogP contribution in [0.15, 0.2) is 85.5 Å². The maximum atomic E-state index is 2.25. The molecule has 4 rings (SSSR count). The van der Waals surface area contributed by atoms with Crippen molar-refractivity contribution < 1.29 is 26.1 Å². The summed E-state index contributed by atoms with van der Waals surface area (Å²) < 4.78 is 4.51. The van der Waals surface area contributed by atoms with Crippen LogP contribution in [0.1, 0.15) is 0 Å². The fraction of sp³-hybridized carbons (Fsp3) is 0.100. The molecule has 0 spiro atoms. The number of fused-ring (bicyclic) bond motifs is 2. The van der Waals surface area contributed by atoms with E-state index in [0.717, 1.165) is 13.1 Å². The molecule has 0 N–H and O–H groups in total. The monoisotopic (exact) mass is 365 g/mol. The predicted octanol–water partition coefficient (Wildman–Crippen LogP) is 0.272. The number of halogens is 1. The van der Waals surface area contributed by atoms with Gasteiger partial charge in [-0.3, -0.25) is 0 Å². The van der Waals surface area contributed by atoms with Crippen molar-refractivity contribution in [3.8, 4) is 0 Å². The van der Waals surface area contributed by atoms with Crippen LogP contribution in [-0.2, 0) is 13.1 Å². The van der Waals surface area contributed by atoms with E-state index in [4.69, 9.17) is 0 Å². The number of hydrogen-bond donors (Lipinski definition) is 0. The number of benzene rings is 2. The molecule has 0 aliphatic rings. The first-order chi connectivity index (χ1) is 10.9. The maximum absolute atomic E-state index is 2.25. The largest absolute Gasteiger partial charge is 1.00 e. The van der Waals surface area contributed by atoms with Crippen molar-refractivity contribution in [3.63, 3.8) is 0 Å². The molecule has 2 nitrogen and oxygen atoms in total. The van der Waals surface area contributed by atoms with Crippen LogP contribution in [0.4, 0.5) is 0 Å². The summed E-state index contributed by atoms with van der Waals surface area (Å²) in [4.78, 5) is 0. The molecule has 0 aliphatic carbocycles. The Balaban J connectivity index is 0.00000156. The van der Waals surface area contributed by atoms with Crippen LogP contribution in [0.25, 0.3) is 21.5 Å². The Morgan fingerprint density at radius 3 is 1.35 bits per heavy atom. The summed E-state index contributed by atoms with van der Waals surface area (Å²) in [5.74, 6) is 0. The first-order valence-corrected chi connectivity index (χ1v) is 7.64. The number of aryl methyl sites for hydroxylation is 2. The summed E-state index contributed by atoms with van der Waals surface area (Å²) in [6, 6.07) is 21.3. The van der Waals surface area contributed by atoms with Gasteiger partial charge in [0, 0.05) is 22.9 Å². The standard InChI is InChI=1S/C20H18N2.BrH/c1-3-7-19-15-21(11-9-17(19)5-1)13-14-22-12-10-18-6-2-4-8-20(18)16-22;/h1-12,15-16H,13-14H2;1H/q+2;/p-1. The van der Waals surface area contributed by atoms with E-state index in [2.05, 4.69) is 94.6 Å². The minimum Gasteiger partial charge on any atom is -1.00 e. The maximum Gasteiger partial charge on any atom is 0.206 e. The summed E-state index contributed by atoms with van der Waals surface area (Å²) in [5.41, 5.74) is 0. The van der Waals surface area contributed by atoms with E-state index in [9.17, 15) is 0 Å². The van der Waals surface area contributed by atoms with Crippen LogP contribution in [0, 0.1) is 0 Å². The van der Waals surface area contributed by atoms with Crippen LogP contribution in [0.2, 0.25) is 0 Å². The molecule has 0 radical (unpaired) electrons. The van der Waals surface area contributed by atoms with Crippen molar-refractivity contribution in [2.75, 3.05) is 0 Å². The second-order valence-electron chi connectivity index (χ2n) is 5.62. The summed E-state index contributed by atoms with van der Waals surface area (Å²) in [6.07, 6.45) is 8.75. The zero-order valence-corrected chi connectivity index (χ0v) is 14.4. The zero-order valence-electron chi connectivity index (χ0n) is 12.8. The lowest BCUT2D eigenvalue weighted by atomic mass is 10.2. The van der Waals surface area contributed by atoms with Crippen molar-refractivity contribution in [2.45, 2.75) is 13.1 Å². The molecule has 0 aliphatic heterocycles. The molecular formula is C20H18BrN2+. The van der Waals surface area contributed by atoms with E-state index in [-0.39, 0.29) is 17.0 Å². The fourth-order valence-electron chi connectivity index (χ4n) is 2.87. The highest BCUT2D eigenvalue weighted by Crippen LogP contribution is 2.10. The third kappa shape index (κ3) is 3.40. The summed E-state index contributed by atoms with van der Waals surface area (Å²) in [5, 5.41) is 5.15. The van der Waals surface area contributed by atoms with Crippen molar-refractivity contribution in [2.24, 2.45) is 0 Å². The third-order valence-electron chi connectivity index (χ3n) is 4.11. The highest BCUT2D eigenvalue weighted by molar-refractivity contribution is 5.80. The second kappa shape index (κ2) is 6.88. The Hall–Kier alpha value is -2.26. The van der Waals surface area contributed by atoms with Crippen LogP contribution in [-0.4, -0.2) is 0 Å². The van der Waals surface area contributed by atoms with Gasteiger partial charge in [-0.15, -0.1) is 0 Å². The Kier molecular flexibility index (Phi) is 4.68. The minimum atomic E-state index is 0. The molecule has 114 valence electrons. The van der Waals surface area contributed by atoms with Gasteiger partial charge in [0.05, 0.1) is 0 Å². The van der Waals surface area contributed by atoms with E-state index in [1.54, 1.807) is 0 Å². The lowest BCUT2D eigenvalue weighted by molar-refractivity contribution is -0.777. The fourth-order valence-corrected chi connectivity index (χ4v) is 2.87. The molecule has 0 amide bonds. The molecule has 0 unspecified atom stereocenters. The molecule has 3 heteroatoms. The van der Waals surface area contributed by atoms with Crippen LogP contribution in [0.3, 0.4) is 0 Å². The van der Waals surface area contributed by atoms with E-state index in [1.165, 1.54) is 21.5 Å². The zero-order chi connectivity index (χ0) is 14.8. The van der Waals surface area contributed by atoms with Crippen LogP contribution in [0.5, 0.6) is 0 Å². The number of nitrogens with zero attached hydrogens (tertiary/aromatic N) is 2. The lowest BCUT2D eigenvalue weighted by Gasteiger charge is -1.99. The van der Waals surface area contributed by atoms with Crippen molar-refractivity contribution in [1.82, 2.24) is 0 Å². The van der Waals surface area contributed by atoms with Gasteiger partial charge in [-0.1, -0.05) is 36.4 Å². The molecule has 2 aromatic heterocycles. The van der Waals surface area contributed by atoms with E-state index in [1.807, 2.05) is 0 Å². The molecule has 23 heavy (non-hydrogen) atoms. The molecule has 2 heterocycles. The summed E-state index contributed by atoms with van der Waals surface area (Å²) in [7, 11) is 0. The van der Waals surface area contributed by atoms with Gasteiger partial charge in [0.15, 0.2) is 24.8 Å². The third-order valence-corrected chi connectivity index (χ3v) is 4.11. The first-order valence-electron chi connectivity index (χ1n) is 7.64. The van der Waals surface area contributed by atoms with E-state index >= 15 is 0 Å². The Labute approximate surface area is 146 Å². The molecule has 0 saturated heterocycles. The average molecular weight is 366 g/mol. The van der Waals surface area contributed by atoms with Gasteiger partial charge >= 0.3 is 0 Å². The highest BCUT2D eigenvalue weighted by atomic mass is 79.9. The average Bonchev–Trinajstić information content (AvgIpc) is 2.59. The number of aromatic nitrogens is 2. The summed E-state index contributed by atoms with van der Waals surface area (Å²) >= 11 is 0. The Morgan fingerprint density at radius 1 is 0.522 bits per heavy atom. The predicted molar refractivity (Wildman–Crippen MR) is 88.3 cm³/mol. The molecular weight excluding hydrogens is 348 g/mol. The summed E-state index contributed by atoms with van der Waals surface area (Å²) in [6.45, 7) is 1.93. The number of pyridine rings is 2. The van der Waals surface area contributed by atoms with Gasteiger partial charge in [0.1, 0.15) is 0 Å². The Morgan fingerprint density at radius 2 is 0.913 bits per heavy atom. The first kappa shape index (κ1) is 15.6. The van der Waals surface area contributed by atoms with Crippen molar-refractivity contribution >= 4 is 21.5 Å². The van der Waals surface area contributed by atoms with Gasteiger partial charge < -0.3 is 17.0 Å². The van der Waals surface area contributed by atoms with Gasteiger partial charge in [0.25, 0.3) is 0 Å². The Bertz CT molecular complexity index is 871.